The highest BCUT2D eigenvalue weighted by atomic mass is 35.5. The summed E-state index contributed by atoms with van der Waals surface area (Å²) in [7, 11) is 0. The summed E-state index contributed by atoms with van der Waals surface area (Å²) in [5.41, 5.74) is 6.99. The molecule has 0 saturated heterocycles. The van der Waals surface area contributed by atoms with Crippen molar-refractivity contribution in [3.8, 4) is 0 Å². The van der Waals surface area contributed by atoms with Crippen LogP contribution in [-0.4, -0.2) is 11.9 Å². The van der Waals surface area contributed by atoms with Crippen molar-refractivity contribution in [2.45, 2.75) is 31.8 Å². The minimum absolute atomic E-state index is 0. The number of nitrogens with two attached hydrogens (primary N) is 1. The predicted molar refractivity (Wildman–Crippen MR) is 92.9 cm³/mol. The lowest BCUT2D eigenvalue weighted by molar-refractivity contribution is -0.122. The third kappa shape index (κ3) is 6.26. The average Bonchev–Trinajstić information content (AvgIpc) is 2.45. The van der Waals surface area contributed by atoms with Crippen molar-refractivity contribution in [2.24, 2.45) is 5.73 Å². The molecule has 0 aromatic heterocycles. The molecule has 2 atom stereocenters. The molecule has 0 aliphatic carbocycles. The van der Waals surface area contributed by atoms with Crippen LogP contribution < -0.4 is 11.1 Å². The number of hydrogen-bond acceptors (Lipinski definition) is 2. The van der Waals surface area contributed by atoms with Crippen molar-refractivity contribution in [1.82, 2.24) is 5.32 Å². The Morgan fingerprint density at radius 2 is 1.75 bits per heavy atom. The van der Waals surface area contributed by atoms with Gasteiger partial charge in [-0.05, 0) is 48.7 Å². The fourth-order valence-corrected chi connectivity index (χ4v) is 2.42. The molecule has 3 nitrogen and oxygen atoms in total. The van der Waals surface area contributed by atoms with Gasteiger partial charge in [-0.3, -0.25) is 4.79 Å². The molecule has 2 aromatic carbocycles. The van der Waals surface area contributed by atoms with Crippen molar-refractivity contribution in [3.05, 3.63) is 71.3 Å². The molecular weight excluding hydrogens is 334 g/mol. The number of carbonyl (C=O) groups excluding carboxylic acids is 1. The van der Waals surface area contributed by atoms with Crippen LogP contribution in [0.2, 0.25) is 0 Å². The molecule has 0 fully saturated rings. The number of carbonyl (C=O) groups is 1. The van der Waals surface area contributed by atoms with E-state index in [9.17, 15) is 13.6 Å². The van der Waals surface area contributed by atoms with E-state index in [2.05, 4.69) is 5.32 Å². The molecular formula is C18H21ClF2N2O. The fourth-order valence-electron chi connectivity index (χ4n) is 2.42. The number of amides is 1. The molecule has 6 heteroatoms. The van der Waals surface area contributed by atoms with Crippen molar-refractivity contribution in [2.75, 3.05) is 0 Å². The summed E-state index contributed by atoms with van der Waals surface area (Å²) in [4.78, 5) is 12.0. The predicted octanol–water partition coefficient (Wildman–Crippen LogP) is 3.52. The molecule has 2 unspecified atom stereocenters. The lowest BCUT2D eigenvalue weighted by Crippen LogP contribution is -2.34. The lowest BCUT2D eigenvalue weighted by atomic mass is 9.98. The van der Waals surface area contributed by atoms with Crippen LogP contribution in [0, 0.1) is 11.6 Å². The van der Waals surface area contributed by atoms with E-state index in [1.54, 1.807) is 31.2 Å². The zero-order valence-electron chi connectivity index (χ0n) is 13.3. The van der Waals surface area contributed by atoms with E-state index in [1.807, 2.05) is 0 Å². The summed E-state index contributed by atoms with van der Waals surface area (Å²) in [5.74, 6) is -0.943. The first-order chi connectivity index (χ1) is 10.9. The van der Waals surface area contributed by atoms with Gasteiger partial charge in [-0.25, -0.2) is 8.78 Å². The van der Waals surface area contributed by atoms with Crippen LogP contribution in [-0.2, 0) is 11.2 Å². The van der Waals surface area contributed by atoms with Crippen molar-refractivity contribution >= 4 is 18.3 Å². The summed E-state index contributed by atoms with van der Waals surface area (Å²) in [5, 5.41) is 2.85. The number of nitrogens with one attached hydrogen (secondary N) is 1. The van der Waals surface area contributed by atoms with Gasteiger partial charge in [0.05, 0.1) is 6.04 Å². The van der Waals surface area contributed by atoms with Gasteiger partial charge in [-0.1, -0.05) is 24.3 Å². The van der Waals surface area contributed by atoms with Crippen LogP contribution in [0.5, 0.6) is 0 Å². The van der Waals surface area contributed by atoms with Gasteiger partial charge >= 0.3 is 0 Å². The standard InChI is InChI=1S/C18H20F2N2O.ClH/c1-12(21)8-18(23)22-17(14-5-3-7-16(20)11-14)10-13-4-2-6-15(19)9-13;/h2-7,9,11-12,17H,8,10,21H2,1H3,(H,22,23);1H. The Balaban J connectivity index is 0.00000288. The van der Waals surface area contributed by atoms with E-state index in [-0.39, 0.29) is 42.4 Å². The molecule has 130 valence electrons. The molecule has 0 spiro atoms. The smallest absolute Gasteiger partial charge is 0.222 e. The lowest BCUT2D eigenvalue weighted by Gasteiger charge is -2.20. The van der Waals surface area contributed by atoms with Gasteiger partial charge in [-0.15, -0.1) is 12.4 Å². The van der Waals surface area contributed by atoms with E-state index in [0.29, 0.717) is 12.0 Å². The molecule has 2 aromatic rings. The van der Waals surface area contributed by atoms with E-state index >= 15 is 0 Å². The largest absolute Gasteiger partial charge is 0.349 e. The maximum absolute atomic E-state index is 13.5. The third-order valence-electron chi connectivity index (χ3n) is 3.42. The van der Waals surface area contributed by atoms with Crippen LogP contribution in [0.25, 0.3) is 0 Å². The molecule has 3 N–H and O–H groups in total. The SMILES string of the molecule is CC(N)CC(=O)NC(Cc1cccc(F)c1)c1cccc(F)c1.Cl. The van der Waals surface area contributed by atoms with Gasteiger partial charge in [0.15, 0.2) is 0 Å². The summed E-state index contributed by atoms with van der Waals surface area (Å²) < 4.78 is 26.8. The Morgan fingerprint density at radius 1 is 1.12 bits per heavy atom. The molecule has 24 heavy (non-hydrogen) atoms. The molecule has 0 heterocycles. The highest BCUT2D eigenvalue weighted by Crippen LogP contribution is 2.20. The third-order valence-corrected chi connectivity index (χ3v) is 3.42. The first-order valence-corrected chi connectivity index (χ1v) is 7.49. The van der Waals surface area contributed by atoms with Gasteiger partial charge in [0, 0.05) is 12.5 Å². The Kier molecular flexibility index (Phi) is 7.82. The van der Waals surface area contributed by atoms with Crippen molar-refractivity contribution in [3.63, 3.8) is 0 Å². The maximum Gasteiger partial charge on any atom is 0.222 e. The van der Waals surface area contributed by atoms with Gasteiger partial charge in [-0.2, -0.15) is 0 Å². The van der Waals surface area contributed by atoms with Crippen molar-refractivity contribution < 1.29 is 13.6 Å². The van der Waals surface area contributed by atoms with E-state index < -0.39 is 6.04 Å². The minimum Gasteiger partial charge on any atom is -0.349 e. The summed E-state index contributed by atoms with van der Waals surface area (Å²) in [6, 6.07) is 11.5. The first kappa shape index (κ1) is 20.1. The van der Waals surface area contributed by atoms with E-state index in [0.717, 1.165) is 5.56 Å². The van der Waals surface area contributed by atoms with Crippen LogP contribution in [0.15, 0.2) is 48.5 Å². The molecule has 0 aliphatic rings. The van der Waals surface area contributed by atoms with E-state index in [1.165, 1.54) is 24.3 Å². The topological polar surface area (TPSA) is 55.1 Å². The van der Waals surface area contributed by atoms with Crippen molar-refractivity contribution in [1.29, 1.82) is 0 Å². The molecule has 0 saturated carbocycles. The molecule has 2 rings (SSSR count). The van der Waals surface area contributed by atoms with Crippen LogP contribution in [0.3, 0.4) is 0 Å². The Hall–Kier alpha value is -1.98. The van der Waals surface area contributed by atoms with Gasteiger partial charge < -0.3 is 11.1 Å². The van der Waals surface area contributed by atoms with E-state index in [4.69, 9.17) is 5.73 Å². The molecule has 0 aliphatic heterocycles. The quantitative estimate of drug-likeness (QED) is 0.833. The number of rotatable bonds is 6. The number of halogens is 3. The van der Waals surface area contributed by atoms with Crippen LogP contribution >= 0.6 is 12.4 Å². The molecule has 0 bridgehead atoms. The second-order valence-electron chi connectivity index (χ2n) is 5.69. The first-order valence-electron chi connectivity index (χ1n) is 7.49. The van der Waals surface area contributed by atoms with Gasteiger partial charge in [0.2, 0.25) is 5.91 Å². The highest BCUT2D eigenvalue weighted by Gasteiger charge is 2.17. The Morgan fingerprint density at radius 3 is 2.33 bits per heavy atom. The zero-order valence-corrected chi connectivity index (χ0v) is 14.2. The fraction of sp³-hybridized carbons (Fsp3) is 0.278. The monoisotopic (exact) mass is 354 g/mol. The number of benzene rings is 2. The summed E-state index contributed by atoms with van der Waals surface area (Å²) >= 11 is 0. The summed E-state index contributed by atoms with van der Waals surface area (Å²) in [6.45, 7) is 1.74. The molecule has 1 amide bonds. The average molecular weight is 355 g/mol. The molecule has 0 radical (unpaired) electrons. The second-order valence-corrected chi connectivity index (χ2v) is 5.69. The van der Waals surface area contributed by atoms with Gasteiger partial charge in [0.25, 0.3) is 0 Å². The van der Waals surface area contributed by atoms with Crippen LogP contribution in [0.4, 0.5) is 8.78 Å². The normalized spacial score (nSPS) is 12.8. The summed E-state index contributed by atoms with van der Waals surface area (Å²) in [6.07, 6.45) is 0.543. The number of hydrogen-bond donors (Lipinski definition) is 2. The Labute approximate surface area is 146 Å². The minimum atomic E-state index is -0.446. The highest BCUT2D eigenvalue weighted by molar-refractivity contribution is 5.85. The second kappa shape index (κ2) is 9.35. The Bertz CT molecular complexity index is 680. The van der Waals surface area contributed by atoms with Crippen LogP contribution in [0.1, 0.15) is 30.5 Å². The zero-order chi connectivity index (χ0) is 16.8. The maximum atomic E-state index is 13.5. The van der Waals surface area contributed by atoms with Gasteiger partial charge in [0.1, 0.15) is 11.6 Å².